The van der Waals surface area contributed by atoms with E-state index in [-0.39, 0.29) is 12.6 Å². The Balaban J connectivity index is 1.95. The van der Waals surface area contributed by atoms with Gasteiger partial charge in [0, 0.05) is 6.04 Å². The molecule has 0 amide bonds. The van der Waals surface area contributed by atoms with Crippen LogP contribution in [0.1, 0.15) is 24.4 Å². The summed E-state index contributed by atoms with van der Waals surface area (Å²) in [5.74, 6) is 1.34. The van der Waals surface area contributed by atoms with Gasteiger partial charge in [-0.1, -0.05) is 0 Å². The number of halogens is 3. The van der Waals surface area contributed by atoms with Crippen LogP contribution in [0.3, 0.4) is 0 Å². The van der Waals surface area contributed by atoms with Gasteiger partial charge in [-0.05, 0) is 32.0 Å². The normalized spacial score (nSPS) is 16.5. The van der Waals surface area contributed by atoms with Crippen LogP contribution in [-0.4, -0.2) is 30.7 Å². The lowest BCUT2D eigenvalue weighted by Crippen LogP contribution is -2.35. The van der Waals surface area contributed by atoms with Gasteiger partial charge in [0.15, 0.2) is 0 Å². The van der Waals surface area contributed by atoms with Crippen molar-refractivity contribution in [2.45, 2.75) is 38.1 Å². The Bertz CT molecular complexity index is 385. The first-order valence-corrected chi connectivity index (χ1v) is 6.01. The molecule has 0 saturated heterocycles. The summed E-state index contributed by atoms with van der Waals surface area (Å²) in [6.45, 7) is -0.0453. The van der Waals surface area contributed by atoms with Crippen LogP contribution < -0.4 is 5.32 Å². The van der Waals surface area contributed by atoms with Crippen molar-refractivity contribution >= 4 is 0 Å². The summed E-state index contributed by atoms with van der Waals surface area (Å²) in [4.78, 5) is 1.45. The molecule has 1 aromatic rings. The van der Waals surface area contributed by atoms with Crippen LogP contribution in [0.5, 0.6) is 0 Å². The third-order valence-corrected chi connectivity index (χ3v) is 2.87. The molecule has 18 heavy (non-hydrogen) atoms. The van der Waals surface area contributed by atoms with Crippen LogP contribution >= 0.6 is 0 Å². The molecule has 0 unspecified atom stereocenters. The maximum Gasteiger partial charge on any atom is 0.401 e. The predicted octanol–water partition coefficient (Wildman–Crippen LogP) is 2.53. The van der Waals surface area contributed by atoms with Crippen LogP contribution in [0.25, 0.3) is 0 Å². The second kappa shape index (κ2) is 5.32. The molecule has 1 aromatic heterocycles. The molecular weight excluding hydrogens is 245 g/mol. The summed E-state index contributed by atoms with van der Waals surface area (Å²) in [5, 5.41) is 2.94. The quantitative estimate of drug-likeness (QED) is 0.854. The lowest BCUT2D eigenvalue weighted by Gasteiger charge is -2.22. The van der Waals surface area contributed by atoms with Gasteiger partial charge in [-0.25, -0.2) is 0 Å². The summed E-state index contributed by atoms with van der Waals surface area (Å²) < 4.78 is 42.8. The summed E-state index contributed by atoms with van der Waals surface area (Å²) in [7, 11) is 1.79. The first-order chi connectivity index (χ1) is 8.48. The van der Waals surface area contributed by atoms with Crippen molar-refractivity contribution in [3.63, 3.8) is 0 Å². The van der Waals surface area contributed by atoms with E-state index in [2.05, 4.69) is 5.32 Å². The number of hydrogen-bond acceptors (Lipinski definition) is 3. The minimum absolute atomic E-state index is 0.0597. The second-order valence-corrected chi connectivity index (χ2v) is 4.65. The van der Waals surface area contributed by atoms with Crippen LogP contribution in [0, 0.1) is 0 Å². The second-order valence-electron chi connectivity index (χ2n) is 4.65. The van der Waals surface area contributed by atoms with Gasteiger partial charge in [0.25, 0.3) is 0 Å². The van der Waals surface area contributed by atoms with Crippen molar-refractivity contribution in [2.75, 3.05) is 13.6 Å². The smallest absolute Gasteiger partial charge is 0.401 e. The molecule has 1 fully saturated rings. The number of alkyl halides is 3. The van der Waals surface area contributed by atoms with Crippen molar-refractivity contribution in [3.05, 3.63) is 23.7 Å². The fraction of sp³-hybridized carbons (Fsp3) is 0.667. The van der Waals surface area contributed by atoms with Gasteiger partial charge in [-0.15, -0.1) is 0 Å². The Morgan fingerprint density at radius 1 is 1.33 bits per heavy atom. The van der Waals surface area contributed by atoms with Crippen molar-refractivity contribution in [2.24, 2.45) is 0 Å². The van der Waals surface area contributed by atoms with E-state index in [9.17, 15) is 13.2 Å². The Kier molecular flexibility index (Phi) is 3.97. The molecule has 102 valence electrons. The Morgan fingerprint density at radius 2 is 2.00 bits per heavy atom. The molecule has 0 bridgehead atoms. The molecule has 1 N–H and O–H groups in total. The average Bonchev–Trinajstić information content (AvgIpc) is 3.00. The minimum atomic E-state index is -4.15. The molecule has 0 radical (unpaired) electrons. The Morgan fingerprint density at radius 3 is 2.56 bits per heavy atom. The van der Waals surface area contributed by atoms with E-state index in [0.717, 1.165) is 18.6 Å². The third kappa shape index (κ3) is 4.03. The van der Waals surface area contributed by atoms with Gasteiger partial charge in [-0.3, -0.25) is 4.90 Å². The summed E-state index contributed by atoms with van der Waals surface area (Å²) >= 11 is 0. The summed E-state index contributed by atoms with van der Waals surface area (Å²) in [6.07, 6.45) is -2.46. The minimum Gasteiger partial charge on any atom is -0.463 e. The molecule has 1 aliphatic carbocycles. The Hall–Kier alpha value is -1.01. The molecule has 0 aromatic carbocycles. The van der Waals surface area contributed by atoms with Crippen molar-refractivity contribution in [1.29, 1.82) is 0 Å². The topological polar surface area (TPSA) is 28.4 Å². The molecule has 3 nitrogen and oxygen atoms in total. The predicted molar refractivity (Wildman–Crippen MR) is 61.0 cm³/mol. The highest BCUT2D eigenvalue weighted by molar-refractivity contribution is 5.07. The average molecular weight is 262 g/mol. The van der Waals surface area contributed by atoms with Gasteiger partial charge in [-0.2, -0.15) is 13.2 Å². The summed E-state index contributed by atoms with van der Waals surface area (Å²) in [6, 6.07) is 3.60. The van der Waals surface area contributed by atoms with Gasteiger partial charge < -0.3 is 9.73 Å². The molecule has 1 heterocycles. The molecule has 1 saturated carbocycles. The van der Waals surface area contributed by atoms with E-state index in [1.54, 1.807) is 19.2 Å². The highest BCUT2D eigenvalue weighted by Crippen LogP contribution is 2.31. The van der Waals surface area contributed by atoms with Crippen molar-refractivity contribution in [1.82, 2.24) is 10.2 Å². The van der Waals surface area contributed by atoms with E-state index < -0.39 is 12.7 Å². The van der Waals surface area contributed by atoms with E-state index >= 15 is 0 Å². The molecule has 2 rings (SSSR count). The largest absolute Gasteiger partial charge is 0.463 e. The monoisotopic (exact) mass is 262 g/mol. The zero-order valence-electron chi connectivity index (χ0n) is 10.3. The number of nitrogens with zero attached hydrogens (tertiary/aromatic N) is 1. The Labute approximate surface area is 104 Å². The molecule has 0 aliphatic heterocycles. The van der Waals surface area contributed by atoms with Crippen LogP contribution in [-0.2, 0) is 13.1 Å². The molecular formula is C12H17F3N2O. The maximum atomic E-state index is 12.4. The zero-order chi connectivity index (χ0) is 13.2. The first kappa shape index (κ1) is 13.4. The highest BCUT2D eigenvalue weighted by atomic mass is 19.4. The lowest BCUT2D eigenvalue weighted by atomic mass is 10.3. The SMILES string of the molecule is CNCc1ccc(CN(CC(F)(F)F)C2CC2)o1. The van der Waals surface area contributed by atoms with Gasteiger partial charge in [0.1, 0.15) is 11.5 Å². The van der Waals surface area contributed by atoms with Crippen LogP contribution in [0.4, 0.5) is 13.2 Å². The third-order valence-electron chi connectivity index (χ3n) is 2.87. The van der Waals surface area contributed by atoms with Gasteiger partial charge in [0.05, 0.1) is 19.6 Å². The molecule has 0 atom stereocenters. The van der Waals surface area contributed by atoms with E-state index in [1.165, 1.54) is 4.90 Å². The highest BCUT2D eigenvalue weighted by Gasteiger charge is 2.38. The molecule has 1 aliphatic rings. The number of nitrogens with one attached hydrogen (secondary N) is 1. The number of hydrogen-bond donors (Lipinski definition) is 1. The number of furan rings is 1. The van der Waals surface area contributed by atoms with Crippen molar-refractivity contribution < 1.29 is 17.6 Å². The van der Waals surface area contributed by atoms with E-state index in [4.69, 9.17) is 4.42 Å². The van der Waals surface area contributed by atoms with E-state index in [1.807, 2.05) is 0 Å². The fourth-order valence-electron chi connectivity index (χ4n) is 1.96. The number of rotatable bonds is 6. The molecule has 6 heteroatoms. The standard InChI is InChI=1S/C12H17F3N2O/c1-16-6-10-4-5-11(18-10)7-17(9-2-3-9)8-12(13,14)15/h4-5,9,16H,2-3,6-8H2,1H3. The van der Waals surface area contributed by atoms with Crippen molar-refractivity contribution in [3.8, 4) is 0 Å². The molecule has 0 spiro atoms. The van der Waals surface area contributed by atoms with Crippen LogP contribution in [0.15, 0.2) is 16.5 Å². The summed E-state index contributed by atoms with van der Waals surface area (Å²) in [5.41, 5.74) is 0. The van der Waals surface area contributed by atoms with E-state index in [0.29, 0.717) is 12.3 Å². The fourth-order valence-corrected chi connectivity index (χ4v) is 1.96. The van der Waals surface area contributed by atoms with Gasteiger partial charge in [0.2, 0.25) is 0 Å². The van der Waals surface area contributed by atoms with Crippen LogP contribution in [0.2, 0.25) is 0 Å². The van der Waals surface area contributed by atoms with Gasteiger partial charge >= 0.3 is 6.18 Å². The first-order valence-electron chi connectivity index (χ1n) is 6.01. The zero-order valence-corrected chi connectivity index (χ0v) is 10.3. The maximum absolute atomic E-state index is 12.4. The lowest BCUT2D eigenvalue weighted by molar-refractivity contribution is -0.148.